The van der Waals surface area contributed by atoms with E-state index in [0.29, 0.717) is 23.9 Å². The third-order valence-corrected chi connectivity index (χ3v) is 6.26. The van der Waals surface area contributed by atoms with E-state index < -0.39 is 6.04 Å². The van der Waals surface area contributed by atoms with E-state index in [1.807, 2.05) is 45.0 Å². The number of nitrogens with one attached hydrogen (secondary N) is 1. The fourth-order valence-electron chi connectivity index (χ4n) is 2.98. The van der Waals surface area contributed by atoms with Crippen LogP contribution in [0.25, 0.3) is 0 Å². The SMILES string of the molecule is CCCNC(=O)[C@H](C)N(Cc1ccc(Cl)cc1)C(=O)COc1cc(C)c(Br)c(C)c1. The molecule has 0 aliphatic rings. The van der Waals surface area contributed by atoms with E-state index in [9.17, 15) is 9.59 Å². The molecule has 2 aromatic rings. The predicted octanol–water partition coefficient (Wildman–Crippen LogP) is 5.04. The van der Waals surface area contributed by atoms with E-state index in [-0.39, 0.29) is 18.4 Å². The van der Waals surface area contributed by atoms with Crippen molar-refractivity contribution in [3.05, 3.63) is 62.6 Å². The normalized spacial score (nSPS) is 11.7. The second-order valence-corrected chi connectivity index (χ2v) is 8.50. The molecule has 2 rings (SSSR count). The Hall–Kier alpha value is -2.05. The van der Waals surface area contributed by atoms with E-state index in [1.165, 1.54) is 4.90 Å². The Bertz CT molecular complexity index is 864. The summed E-state index contributed by atoms with van der Waals surface area (Å²) in [5, 5.41) is 3.48. The highest BCUT2D eigenvalue weighted by Gasteiger charge is 2.26. The average molecular weight is 496 g/mol. The average Bonchev–Trinajstić information content (AvgIpc) is 2.73. The zero-order valence-corrected chi connectivity index (χ0v) is 20.1. The van der Waals surface area contributed by atoms with Crippen molar-refractivity contribution in [1.82, 2.24) is 10.2 Å². The topological polar surface area (TPSA) is 58.6 Å². The molecule has 0 radical (unpaired) electrons. The molecule has 0 bridgehead atoms. The van der Waals surface area contributed by atoms with Gasteiger partial charge < -0.3 is 15.0 Å². The summed E-state index contributed by atoms with van der Waals surface area (Å²) in [5.41, 5.74) is 2.95. The monoisotopic (exact) mass is 494 g/mol. The lowest BCUT2D eigenvalue weighted by atomic mass is 10.1. The van der Waals surface area contributed by atoms with Gasteiger partial charge in [0, 0.05) is 22.6 Å². The fourth-order valence-corrected chi connectivity index (χ4v) is 3.34. The Morgan fingerprint density at radius 2 is 1.77 bits per heavy atom. The number of carbonyl (C=O) groups is 2. The first kappa shape index (κ1) is 24.2. The Morgan fingerprint density at radius 1 is 1.17 bits per heavy atom. The van der Waals surface area contributed by atoms with Crippen LogP contribution in [0.2, 0.25) is 5.02 Å². The quantitative estimate of drug-likeness (QED) is 0.530. The van der Waals surface area contributed by atoms with Crippen LogP contribution < -0.4 is 10.1 Å². The third-order valence-electron chi connectivity index (χ3n) is 4.75. The van der Waals surface area contributed by atoms with Crippen LogP contribution in [0.3, 0.4) is 0 Å². The molecule has 1 N–H and O–H groups in total. The molecule has 0 unspecified atom stereocenters. The highest BCUT2D eigenvalue weighted by atomic mass is 79.9. The minimum atomic E-state index is -0.628. The summed E-state index contributed by atoms with van der Waals surface area (Å²) < 4.78 is 6.79. The lowest BCUT2D eigenvalue weighted by molar-refractivity contribution is -0.142. The molecule has 1 atom stereocenters. The standard InChI is InChI=1S/C23H28BrClN2O3/c1-5-10-26-23(29)17(4)27(13-18-6-8-19(25)9-7-18)21(28)14-30-20-11-15(2)22(24)16(3)12-20/h6-9,11-12,17H,5,10,13-14H2,1-4H3,(H,26,29)/t17-/m0/s1. The van der Waals surface area contributed by atoms with E-state index in [0.717, 1.165) is 27.6 Å². The van der Waals surface area contributed by atoms with Gasteiger partial charge in [-0.2, -0.15) is 0 Å². The summed E-state index contributed by atoms with van der Waals surface area (Å²) in [4.78, 5) is 27.1. The lowest BCUT2D eigenvalue weighted by Gasteiger charge is -2.28. The molecule has 30 heavy (non-hydrogen) atoms. The molecule has 0 aliphatic heterocycles. The molecular formula is C23H28BrClN2O3. The van der Waals surface area contributed by atoms with Crippen LogP contribution in [-0.2, 0) is 16.1 Å². The molecule has 0 fully saturated rings. The van der Waals surface area contributed by atoms with Gasteiger partial charge in [-0.05, 0) is 68.1 Å². The van der Waals surface area contributed by atoms with Crippen molar-refractivity contribution in [2.24, 2.45) is 0 Å². The number of benzene rings is 2. The van der Waals surface area contributed by atoms with Crippen LogP contribution in [0.4, 0.5) is 0 Å². The molecule has 0 spiro atoms. The number of hydrogen-bond acceptors (Lipinski definition) is 3. The number of aryl methyl sites for hydroxylation is 2. The summed E-state index contributed by atoms with van der Waals surface area (Å²) in [7, 11) is 0. The minimum absolute atomic E-state index is 0.153. The molecule has 0 aliphatic carbocycles. The Kier molecular flexibility index (Phi) is 9.18. The van der Waals surface area contributed by atoms with Crippen molar-refractivity contribution >= 4 is 39.3 Å². The first-order valence-electron chi connectivity index (χ1n) is 9.94. The predicted molar refractivity (Wildman–Crippen MR) is 124 cm³/mol. The first-order chi connectivity index (χ1) is 14.2. The third kappa shape index (κ3) is 6.74. The molecule has 7 heteroatoms. The van der Waals surface area contributed by atoms with Crippen LogP contribution in [-0.4, -0.2) is 35.9 Å². The second-order valence-electron chi connectivity index (χ2n) is 7.27. The summed E-state index contributed by atoms with van der Waals surface area (Å²) in [6, 6.07) is 10.4. The molecule has 5 nitrogen and oxygen atoms in total. The highest BCUT2D eigenvalue weighted by Crippen LogP contribution is 2.26. The van der Waals surface area contributed by atoms with Gasteiger partial charge in [-0.1, -0.05) is 46.6 Å². The zero-order chi connectivity index (χ0) is 22.3. The van der Waals surface area contributed by atoms with Gasteiger partial charge in [0.15, 0.2) is 6.61 Å². The zero-order valence-electron chi connectivity index (χ0n) is 17.8. The molecular weight excluding hydrogens is 468 g/mol. The summed E-state index contributed by atoms with van der Waals surface area (Å²) >= 11 is 9.50. The van der Waals surface area contributed by atoms with E-state index in [4.69, 9.17) is 16.3 Å². The van der Waals surface area contributed by atoms with Gasteiger partial charge in [0.25, 0.3) is 5.91 Å². The number of rotatable bonds is 9. The molecule has 2 amide bonds. The first-order valence-corrected chi connectivity index (χ1v) is 11.1. The maximum atomic E-state index is 13.0. The number of ether oxygens (including phenoxy) is 1. The molecule has 0 heterocycles. The van der Waals surface area contributed by atoms with Crippen molar-refractivity contribution in [2.45, 2.75) is 46.7 Å². The van der Waals surface area contributed by atoms with Crippen LogP contribution >= 0.6 is 27.5 Å². The number of hydrogen-bond donors (Lipinski definition) is 1. The molecule has 0 saturated carbocycles. The van der Waals surface area contributed by atoms with Gasteiger partial charge >= 0.3 is 0 Å². The van der Waals surface area contributed by atoms with Gasteiger partial charge in [0.1, 0.15) is 11.8 Å². The summed E-state index contributed by atoms with van der Waals surface area (Å²) in [6.07, 6.45) is 0.828. The molecule has 0 saturated heterocycles. The van der Waals surface area contributed by atoms with Crippen LogP contribution in [0.5, 0.6) is 5.75 Å². The molecule has 0 aromatic heterocycles. The largest absolute Gasteiger partial charge is 0.484 e. The summed E-state index contributed by atoms with van der Waals surface area (Å²) in [6.45, 7) is 8.36. The van der Waals surface area contributed by atoms with E-state index in [1.54, 1.807) is 19.1 Å². The number of amides is 2. The summed E-state index contributed by atoms with van der Waals surface area (Å²) in [5.74, 6) is 0.174. The van der Waals surface area contributed by atoms with Crippen molar-refractivity contribution in [3.8, 4) is 5.75 Å². The molecule has 2 aromatic carbocycles. The van der Waals surface area contributed by atoms with Crippen molar-refractivity contribution in [3.63, 3.8) is 0 Å². The van der Waals surface area contributed by atoms with E-state index in [2.05, 4.69) is 21.2 Å². The highest BCUT2D eigenvalue weighted by molar-refractivity contribution is 9.10. The number of halogens is 2. The van der Waals surface area contributed by atoms with Gasteiger partial charge in [-0.3, -0.25) is 9.59 Å². The minimum Gasteiger partial charge on any atom is -0.484 e. The van der Waals surface area contributed by atoms with Gasteiger partial charge in [-0.15, -0.1) is 0 Å². The van der Waals surface area contributed by atoms with E-state index >= 15 is 0 Å². The van der Waals surface area contributed by atoms with Crippen molar-refractivity contribution < 1.29 is 14.3 Å². The lowest BCUT2D eigenvalue weighted by Crippen LogP contribution is -2.49. The molecule has 162 valence electrons. The Balaban J connectivity index is 2.16. The van der Waals surface area contributed by atoms with Crippen LogP contribution in [0, 0.1) is 13.8 Å². The second kappa shape index (κ2) is 11.4. The smallest absolute Gasteiger partial charge is 0.261 e. The maximum Gasteiger partial charge on any atom is 0.261 e. The Labute approximate surface area is 191 Å². The van der Waals surface area contributed by atoms with Crippen LogP contribution in [0.1, 0.15) is 37.0 Å². The van der Waals surface area contributed by atoms with Gasteiger partial charge in [-0.25, -0.2) is 0 Å². The fraction of sp³-hybridized carbons (Fsp3) is 0.391. The maximum absolute atomic E-state index is 13.0. The Morgan fingerprint density at radius 3 is 2.33 bits per heavy atom. The van der Waals surface area contributed by atoms with Gasteiger partial charge in [0.05, 0.1) is 0 Å². The van der Waals surface area contributed by atoms with Gasteiger partial charge in [0.2, 0.25) is 5.91 Å². The van der Waals surface area contributed by atoms with Crippen molar-refractivity contribution in [2.75, 3.05) is 13.2 Å². The number of nitrogens with zero attached hydrogens (tertiary/aromatic N) is 1. The number of carbonyl (C=O) groups excluding carboxylic acids is 2. The van der Waals surface area contributed by atoms with Crippen molar-refractivity contribution in [1.29, 1.82) is 0 Å². The van der Waals surface area contributed by atoms with Crippen LogP contribution in [0.15, 0.2) is 40.9 Å².